The van der Waals surface area contributed by atoms with Crippen molar-refractivity contribution in [3.63, 3.8) is 0 Å². The van der Waals surface area contributed by atoms with Crippen LogP contribution in [0, 0.1) is 6.92 Å². The molecule has 17 heavy (non-hydrogen) atoms. The summed E-state index contributed by atoms with van der Waals surface area (Å²) in [5, 5.41) is 3.12. The highest BCUT2D eigenvalue weighted by Crippen LogP contribution is 2.10. The Hall–Kier alpha value is -0.810. The standard InChI is InChI=1S/C12H22N2O2S/c1-4-17(15,16)9-5-7-14-8-6-12(10-13-3)11(14)2/h6,8,13H,4-5,7,9-10H2,1-3H3. The molecule has 0 spiro atoms. The largest absolute Gasteiger partial charge is 0.351 e. The Kier molecular flexibility index (Phi) is 5.21. The summed E-state index contributed by atoms with van der Waals surface area (Å²) in [6.45, 7) is 5.39. The molecular weight excluding hydrogens is 236 g/mol. The van der Waals surface area contributed by atoms with E-state index in [1.807, 2.05) is 13.2 Å². The van der Waals surface area contributed by atoms with Crippen LogP contribution in [-0.2, 0) is 22.9 Å². The first-order valence-electron chi connectivity index (χ1n) is 5.99. The van der Waals surface area contributed by atoms with Crippen molar-refractivity contribution in [2.45, 2.75) is 33.4 Å². The van der Waals surface area contributed by atoms with Crippen molar-refractivity contribution in [1.82, 2.24) is 9.88 Å². The first kappa shape index (κ1) is 14.3. The quantitative estimate of drug-likeness (QED) is 0.803. The van der Waals surface area contributed by atoms with Gasteiger partial charge in [-0.2, -0.15) is 0 Å². The molecule has 0 atom stereocenters. The van der Waals surface area contributed by atoms with E-state index in [0.717, 1.165) is 13.1 Å². The number of aromatic nitrogens is 1. The topological polar surface area (TPSA) is 51.1 Å². The third-order valence-electron chi connectivity index (χ3n) is 3.01. The second-order valence-electron chi connectivity index (χ2n) is 4.24. The lowest BCUT2D eigenvalue weighted by atomic mass is 10.2. The maximum absolute atomic E-state index is 11.4. The lowest BCUT2D eigenvalue weighted by Gasteiger charge is -2.07. The molecule has 1 N–H and O–H groups in total. The van der Waals surface area contributed by atoms with Gasteiger partial charge in [0.05, 0.1) is 5.75 Å². The summed E-state index contributed by atoms with van der Waals surface area (Å²) in [6, 6.07) is 2.08. The normalized spacial score (nSPS) is 11.9. The molecule has 0 aliphatic carbocycles. The molecule has 0 saturated carbocycles. The van der Waals surface area contributed by atoms with Gasteiger partial charge in [0.1, 0.15) is 9.84 Å². The number of nitrogens with one attached hydrogen (secondary N) is 1. The van der Waals surface area contributed by atoms with Gasteiger partial charge in [0.15, 0.2) is 0 Å². The molecule has 1 aromatic heterocycles. The van der Waals surface area contributed by atoms with Gasteiger partial charge < -0.3 is 9.88 Å². The molecule has 0 amide bonds. The summed E-state index contributed by atoms with van der Waals surface area (Å²) in [5.74, 6) is 0.519. The van der Waals surface area contributed by atoms with Crippen LogP contribution in [0.1, 0.15) is 24.6 Å². The fraction of sp³-hybridized carbons (Fsp3) is 0.667. The minimum absolute atomic E-state index is 0.239. The Balaban J connectivity index is 2.53. The van der Waals surface area contributed by atoms with Crippen LogP contribution < -0.4 is 5.32 Å². The zero-order chi connectivity index (χ0) is 12.9. The summed E-state index contributed by atoms with van der Waals surface area (Å²) in [6.07, 6.45) is 2.71. The fourth-order valence-corrected chi connectivity index (χ4v) is 2.67. The van der Waals surface area contributed by atoms with Crippen LogP contribution in [0.15, 0.2) is 12.3 Å². The van der Waals surface area contributed by atoms with Crippen molar-refractivity contribution < 1.29 is 8.42 Å². The second kappa shape index (κ2) is 6.21. The molecule has 0 unspecified atom stereocenters. The molecule has 0 aliphatic heterocycles. The van der Waals surface area contributed by atoms with Gasteiger partial charge in [0.25, 0.3) is 0 Å². The molecule has 0 fully saturated rings. The summed E-state index contributed by atoms with van der Waals surface area (Å²) < 4.78 is 24.8. The van der Waals surface area contributed by atoms with Gasteiger partial charge in [-0.3, -0.25) is 0 Å². The molecule has 5 heteroatoms. The zero-order valence-electron chi connectivity index (χ0n) is 10.9. The molecule has 0 radical (unpaired) electrons. The molecule has 0 aromatic carbocycles. The van der Waals surface area contributed by atoms with Crippen LogP contribution in [0.3, 0.4) is 0 Å². The molecule has 1 heterocycles. The van der Waals surface area contributed by atoms with Crippen molar-refractivity contribution >= 4 is 9.84 Å². The second-order valence-corrected chi connectivity index (χ2v) is 6.71. The smallest absolute Gasteiger partial charge is 0.150 e. The minimum Gasteiger partial charge on any atom is -0.351 e. The summed E-state index contributed by atoms with van der Waals surface area (Å²) in [5.41, 5.74) is 2.49. The van der Waals surface area contributed by atoms with Crippen molar-refractivity contribution in [3.8, 4) is 0 Å². The number of hydrogen-bond acceptors (Lipinski definition) is 3. The van der Waals surface area contributed by atoms with Gasteiger partial charge >= 0.3 is 0 Å². The third-order valence-corrected chi connectivity index (χ3v) is 4.80. The van der Waals surface area contributed by atoms with Gasteiger partial charge in [-0.25, -0.2) is 8.42 Å². The van der Waals surface area contributed by atoms with Crippen LogP contribution in [0.4, 0.5) is 0 Å². The SMILES string of the molecule is CCS(=O)(=O)CCCn1ccc(CNC)c1C. The van der Waals surface area contributed by atoms with E-state index in [4.69, 9.17) is 0 Å². The van der Waals surface area contributed by atoms with Crippen molar-refractivity contribution in [1.29, 1.82) is 0 Å². The molecule has 0 bridgehead atoms. The number of sulfone groups is 1. The van der Waals surface area contributed by atoms with E-state index >= 15 is 0 Å². The molecule has 98 valence electrons. The predicted molar refractivity (Wildman–Crippen MR) is 70.9 cm³/mol. The first-order chi connectivity index (χ1) is 8.00. The average Bonchev–Trinajstić information content (AvgIpc) is 2.62. The Morgan fingerprint density at radius 1 is 1.41 bits per heavy atom. The lowest BCUT2D eigenvalue weighted by Crippen LogP contribution is -2.12. The van der Waals surface area contributed by atoms with Crippen molar-refractivity contribution in [2.75, 3.05) is 18.6 Å². The van der Waals surface area contributed by atoms with E-state index in [9.17, 15) is 8.42 Å². The molecular formula is C12H22N2O2S. The van der Waals surface area contributed by atoms with Crippen LogP contribution in [-0.4, -0.2) is 31.5 Å². The predicted octanol–water partition coefficient (Wildman–Crippen LogP) is 1.34. The number of nitrogens with zero attached hydrogens (tertiary/aromatic N) is 1. The minimum atomic E-state index is -2.83. The van der Waals surface area contributed by atoms with Crippen LogP contribution >= 0.6 is 0 Å². The van der Waals surface area contributed by atoms with E-state index in [0.29, 0.717) is 6.42 Å². The van der Waals surface area contributed by atoms with E-state index in [2.05, 4.69) is 22.9 Å². The van der Waals surface area contributed by atoms with Gasteiger partial charge in [-0.05, 0) is 32.0 Å². The molecule has 4 nitrogen and oxygen atoms in total. The van der Waals surface area contributed by atoms with E-state index in [1.54, 1.807) is 6.92 Å². The fourth-order valence-electron chi connectivity index (χ4n) is 1.82. The monoisotopic (exact) mass is 258 g/mol. The molecule has 1 aromatic rings. The van der Waals surface area contributed by atoms with Crippen LogP contribution in [0.5, 0.6) is 0 Å². The van der Waals surface area contributed by atoms with Gasteiger partial charge in [0, 0.05) is 30.7 Å². The first-order valence-corrected chi connectivity index (χ1v) is 7.82. The Morgan fingerprint density at radius 2 is 2.12 bits per heavy atom. The Labute approximate surface area is 104 Å². The zero-order valence-corrected chi connectivity index (χ0v) is 11.7. The van der Waals surface area contributed by atoms with Crippen LogP contribution in [0.25, 0.3) is 0 Å². The van der Waals surface area contributed by atoms with Gasteiger partial charge in [0.2, 0.25) is 0 Å². The van der Waals surface area contributed by atoms with Crippen LogP contribution in [0.2, 0.25) is 0 Å². The van der Waals surface area contributed by atoms with E-state index < -0.39 is 9.84 Å². The van der Waals surface area contributed by atoms with Crippen molar-refractivity contribution in [2.24, 2.45) is 0 Å². The lowest BCUT2D eigenvalue weighted by molar-refractivity contribution is 0.586. The highest BCUT2D eigenvalue weighted by Gasteiger charge is 2.08. The summed E-state index contributed by atoms with van der Waals surface area (Å²) >= 11 is 0. The average molecular weight is 258 g/mol. The molecule has 0 saturated heterocycles. The third kappa shape index (κ3) is 4.16. The maximum Gasteiger partial charge on any atom is 0.150 e. The Morgan fingerprint density at radius 3 is 2.71 bits per heavy atom. The maximum atomic E-state index is 11.4. The van der Waals surface area contributed by atoms with Gasteiger partial charge in [-0.15, -0.1) is 0 Å². The molecule has 1 rings (SSSR count). The van der Waals surface area contributed by atoms with E-state index in [1.165, 1.54) is 11.3 Å². The van der Waals surface area contributed by atoms with Gasteiger partial charge in [-0.1, -0.05) is 6.92 Å². The van der Waals surface area contributed by atoms with E-state index in [-0.39, 0.29) is 11.5 Å². The molecule has 0 aliphatic rings. The number of rotatable bonds is 7. The number of aryl methyl sites for hydroxylation is 1. The highest BCUT2D eigenvalue weighted by atomic mass is 32.2. The Bertz CT molecular complexity index is 449. The number of hydrogen-bond donors (Lipinski definition) is 1. The van der Waals surface area contributed by atoms with Crippen molar-refractivity contribution in [3.05, 3.63) is 23.5 Å². The summed E-state index contributed by atoms with van der Waals surface area (Å²) in [7, 11) is -0.910. The highest BCUT2D eigenvalue weighted by molar-refractivity contribution is 7.91. The summed E-state index contributed by atoms with van der Waals surface area (Å²) in [4.78, 5) is 0.